The van der Waals surface area contributed by atoms with E-state index in [1.54, 1.807) is 12.1 Å². The fourth-order valence-corrected chi connectivity index (χ4v) is 2.44. The number of aromatic nitrogens is 2. The monoisotopic (exact) mass is 303 g/mol. The molecular weight excluding hydrogens is 293 g/mol. The molecule has 0 bridgehead atoms. The van der Waals surface area contributed by atoms with E-state index in [2.05, 4.69) is 15.5 Å². The van der Waals surface area contributed by atoms with Gasteiger partial charge in [-0.2, -0.15) is 0 Å². The summed E-state index contributed by atoms with van der Waals surface area (Å²) in [6.45, 7) is 0. The summed E-state index contributed by atoms with van der Waals surface area (Å²) in [4.78, 5) is 0. The van der Waals surface area contributed by atoms with Crippen molar-refractivity contribution < 1.29 is 0 Å². The van der Waals surface area contributed by atoms with Gasteiger partial charge in [0.15, 0.2) is 5.82 Å². The van der Waals surface area contributed by atoms with E-state index in [0.717, 1.165) is 27.8 Å². The maximum absolute atomic E-state index is 6.08. The lowest BCUT2D eigenvalue weighted by Gasteiger charge is -2.09. The first-order valence-corrected chi connectivity index (χ1v) is 6.85. The van der Waals surface area contributed by atoms with E-state index in [0.29, 0.717) is 10.0 Å². The van der Waals surface area contributed by atoms with Crippen LogP contribution in [0.5, 0.6) is 0 Å². The SMILES string of the molecule is CNc1nnc(-c2ccc(Cl)c(Cl)c2)c2ccccc12. The highest BCUT2D eigenvalue weighted by Gasteiger charge is 2.11. The summed E-state index contributed by atoms with van der Waals surface area (Å²) in [6.07, 6.45) is 0. The smallest absolute Gasteiger partial charge is 0.156 e. The van der Waals surface area contributed by atoms with Crippen LogP contribution in [0.15, 0.2) is 42.5 Å². The van der Waals surface area contributed by atoms with Crippen LogP contribution in [0.4, 0.5) is 5.82 Å². The summed E-state index contributed by atoms with van der Waals surface area (Å²) in [6, 6.07) is 13.4. The van der Waals surface area contributed by atoms with E-state index in [4.69, 9.17) is 23.2 Å². The molecule has 0 amide bonds. The van der Waals surface area contributed by atoms with E-state index < -0.39 is 0 Å². The Balaban J connectivity index is 2.29. The molecule has 1 N–H and O–H groups in total. The number of nitrogens with zero attached hydrogens (tertiary/aromatic N) is 2. The molecule has 0 aliphatic heterocycles. The van der Waals surface area contributed by atoms with E-state index >= 15 is 0 Å². The highest BCUT2D eigenvalue weighted by Crippen LogP contribution is 2.32. The molecule has 3 nitrogen and oxygen atoms in total. The number of anilines is 1. The summed E-state index contributed by atoms with van der Waals surface area (Å²) in [5.41, 5.74) is 1.68. The minimum Gasteiger partial charge on any atom is -0.371 e. The normalized spacial score (nSPS) is 10.8. The molecule has 0 unspecified atom stereocenters. The first-order valence-electron chi connectivity index (χ1n) is 6.09. The third kappa shape index (κ3) is 2.19. The van der Waals surface area contributed by atoms with Crippen LogP contribution in [-0.4, -0.2) is 17.2 Å². The molecule has 0 fully saturated rings. The number of halogens is 2. The summed E-state index contributed by atoms with van der Waals surface area (Å²) < 4.78 is 0. The number of hydrogen-bond donors (Lipinski definition) is 1. The van der Waals surface area contributed by atoms with Crippen LogP contribution in [0.1, 0.15) is 0 Å². The van der Waals surface area contributed by atoms with Gasteiger partial charge in [-0.15, -0.1) is 10.2 Å². The Labute approximate surface area is 126 Å². The van der Waals surface area contributed by atoms with Gasteiger partial charge in [-0.05, 0) is 12.1 Å². The summed E-state index contributed by atoms with van der Waals surface area (Å²) >= 11 is 12.0. The van der Waals surface area contributed by atoms with Crippen molar-refractivity contribution >= 4 is 39.8 Å². The molecule has 1 aromatic heterocycles. The Morgan fingerprint density at radius 2 is 1.65 bits per heavy atom. The molecule has 0 aliphatic carbocycles. The van der Waals surface area contributed by atoms with Gasteiger partial charge in [0.05, 0.1) is 10.0 Å². The van der Waals surface area contributed by atoms with Gasteiger partial charge in [0.25, 0.3) is 0 Å². The molecule has 0 aliphatic rings. The summed E-state index contributed by atoms with van der Waals surface area (Å²) in [5.74, 6) is 0.754. The molecule has 3 rings (SSSR count). The molecule has 0 spiro atoms. The van der Waals surface area contributed by atoms with E-state index in [1.165, 1.54) is 0 Å². The van der Waals surface area contributed by atoms with Gasteiger partial charge in [-0.25, -0.2) is 0 Å². The molecule has 0 saturated heterocycles. The Morgan fingerprint density at radius 3 is 2.35 bits per heavy atom. The van der Waals surface area contributed by atoms with Gasteiger partial charge in [-0.3, -0.25) is 0 Å². The lowest BCUT2D eigenvalue weighted by molar-refractivity contribution is 1.06. The molecule has 0 saturated carbocycles. The predicted molar refractivity (Wildman–Crippen MR) is 84.5 cm³/mol. The topological polar surface area (TPSA) is 37.8 Å². The van der Waals surface area contributed by atoms with Crippen LogP contribution >= 0.6 is 23.2 Å². The van der Waals surface area contributed by atoms with Crippen molar-refractivity contribution in [2.75, 3.05) is 12.4 Å². The van der Waals surface area contributed by atoms with Crippen molar-refractivity contribution in [3.63, 3.8) is 0 Å². The molecule has 5 heteroatoms. The summed E-state index contributed by atoms with van der Waals surface area (Å²) in [5, 5.41) is 14.6. The second-order valence-corrected chi connectivity index (χ2v) is 5.14. The van der Waals surface area contributed by atoms with Crippen LogP contribution < -0.4 is 5.32 Å². The van der Waals surface area contributed by atoms with Crippen molar-refractivity contribution in [1.29, 1.82) is 0 Å². The largest absolute Gasteiger partial charge is 0.371 e. The first-order chi connectivity index (χ1) is 9.70. The highest BCUT2D eigenvalue weighted by atomic mass is 35.5. The minimum atomic E-state index is 0.507. The lowest BCUT2D eigenvalue weighted by atomic mass is 10.0. The maximum Gasteiger partial charge on any atom is 0.156 e. The maximum atomic E-state index is 6.08. The zero-order chi connectivity index (χ0) is 14.1. The highest BCUT2D eigenvalue weighted by molar-refractivity contribution is 6.42. The average Bonchev–Trinajstić information content (AvgIpc) is 2.49. The van der Waals surface area contributed by atoms with Gasteiger partial charge in [-0.1, -0.05) is 53.5 Å². The fourth-order valence-electron chi connectivity index (χ4n) is 2.15. The summed E-state index contributed by atoms with van der Waals surface area (Å²) in [7, 11) is 1.83. The minimum absolute atomic E-state index is 0.507. The molecule has 100 valence electrons. The van der Waals surface area contributed by atoms with Crippen LogP contribution in [0.25, 0.3) is 22.0 Å². The number of hydrogen-bond acceptors (Lipinski definition) is 3. The van der Waals surface area contributed by atoms with E-state index in [9.17, 15) is 0 Å². The van der Waals surface area contributed by atoms with Crippen LogP contribution in [0.2, 0.25) is 10.0 Å². The van der Waals surface area contributed by atoms with Crippen molar-refractivity contribution in [2.24, 2.45) is 0 Å². The quantitative estimate of drug-likeness (QED) is 0.749. The van der Waals surface area contributed by atoms with Gasteiger partial charge in [0, 0.05) is 23.4 Å². The number of benzene rings is 2. The Morgan fingerprint density at radius 1 is 0.900 bits per heavy atom. The number of nitrogens with one attached hydrogen (secondary N) is 1. The molecule has 2 aromatic carbocycles. The lowest BCUT2D eigenvalue weighted by Crippen LogP contribution is -1.98. The van der Waals surface area contributed by atoms with Gasteiger partial charge in [0.2, 0.25) is 0 Å². The predicted octanol–water partition coefficient (Wildman–Crippen LogP) is 4.65. The first kappa shape index (κ1) is 13.2. The van der Waals surface area contributed by atoms with Gasteiger partial charge in [0.1, 0.15) is 5.69 Å². The Kier molecular flexibility index (Phi) is 3.47. The zero-order valence-corrected chi connectivity index (χ0v) is 12.2. The molecule has 0 atom stereocenters. The van der Waals surface area contributed by atoms with Crippen molar-refractivity contribution in [2.45, 2.75) is 0 Å². The van der Waals surface area contributed by atoms with Crippen LogP contribution in [0, 0.1) is 0 Å². The number of fused-ring (bicyclic) bond motifs is 1. The van der Waals surface area contributed by atoms with Gasteiger partial charge < -0.3 is 5.32 Å². The van der Waals surface area contributed by atoms with Crippen LogP contribution in [0.3, 0.4) is 0 Å². The van der Waals surface area contributed by atoms with E-state index in [-0.39, 0.29) is 0 Å². The van der Waals surface area contributed by atoms with Crippen molar-refractivity contribution in [1.82, 2.24) is 10.2 Å². The van der Waals surface area contributed by atoms with E-state index in [1.807, 2.05) is 37.4 Å². The number of rotatable bonds is 2. The molecule has 0 radical (unpaired) electrons. The standard InChI is InChI=1S/C15H11Cl2N3/c1-18-15-11-5-3-2-4-10(11)14(19-20-15)9-6-7-12(16)13(17)8-9/h2-8H,1H3,(H,18,20). The molecular formula is C15H11Cl2N3. The second-order valence-electron chi connectivity index (χ2n) is 4.32. The third-order valence-electron chi connectivity index (χ3n) is 3.12. The molecule has 20 heavy (non-hydrogen) atoms. The van der Waals surface area contributed by atoms with Gasteiger partial charge >= 0.3 is 0 Å². The molecule has 1 heterocycles. The molecule has 3 aromatic rings. The second kappa shape index (κ2) is 5.27. The fraction of sp³-hybridized carbons (Fsp3) is 0.0667. The average molecular weight is 304 g/mol. The Hall–Kier alpha value is -1.84. The van der Waals surface area contributed by atoms with Crippen molar-refractivity contribution in [3.05, 3.63) is 52.5 Å². The Bertz CT molecular complexity index is 787. The third-order valence-corrected chi connectivity index (χ3v) is 3.86. The van der Waals surface area contributed by atoms with Crippen LogP contribution in [-0.2, 0) is 0 Å². The van der Waals surface area contributed by atoms with Crippen molar-refractivity contribution in [3.8, 4) is 11.3 Å². The zero-order valence-electron chi connectivity index (χ0n) is 10.7.